The van der Waals surface area contributed by atoms with Gasteiger partial charge in [-0.25, -0.2) is 4.98 Å². The minimum absolute atomic E-state index is 0.127. The third-order valence-corrected chi connectivity index (χ3v) is 2.42. The first-order valence-electron chi connectivity index (χ1n) is 4.10. The molecule has 1 aromatic rings. The molecular weight excluding hydrogens is 218 g/mol. The summed E-state index contributed by atoms with van der Waals surface area (Å²) in [4.78, 5) is 14.5. The molecule has 1 heterocycles. The molecule has 0 fully saturated rings. The van der Waals surface area contributed by atoms with Crippen LogP contribution in [0.15, 0.2) is 24.4 Å². The summed E-state index contributed by atoms with van der Waals surface area (Å²) in [6, 6.07) is 3.64. The Kier molecular flexibility index (Phi) is 4.70. The molecule has 0 aliphatic rings. The van der Waals surface area contributed by atoms with Crippen LogP contribution in [0.4, 0.5) is 0 Å². The number of pyridine rings is 1. The molecule has 0 radical (unpaired) electrons. The van der Waals surface area contributed by atoms with Crippen LogP contribution in [-0.2, 0) is 4.79 Å². The van der Waals surface area contributed by atoms with Crippen LogP contribution < -0.4 is 0 Å². The maximum Gasteiger partial charge on any atom is 0.186 e. The molecule has 0 atom stereocenters. The van der Waals surface area contributed by atoms with Gasteiger partial charge in [0, 0.05) is 18.9 Å². The summed E-state index contributed by atoms with van der Waals surface area (Å²) in [5.41, 5.74) is 0.995. The largest absolute Gasteiger partial charge is 0.288 e. The Bertz CT molecular complexity index is 352. The van der Waals surface area contributed by atoms with E-state index in [9.17, 15) is 4.79 Å². The minimum Gasteiger partial charge on any atom is -0.288 e. The van der Waals surface area contributed by atoms with Crippen LogP contribution in [0.2, 0.25) is 5.15 Å². The summed E-state index contributed by atoms with van der Waals surface area (Å²) < 4.78 is 0. The number of carbonyl (C=O) groups is 1. The van der Waals surface area contributed by atoms with Gasteiger partial charge in [-0.2, -0.15) is 0 Å². The zero-order valence-electron chi connectivity index (χ0n) is 7.74. The van der Waals surface area contributed by atoms with Gasteiger partial charge in [0.05, 0.1) is 0 Å². The van der Waals surface area contributed by atoms with Crippen molar-refractivity contribution >= 4 is 34.6 Å². The van der Waals surface area contributed by atoms with E-state index in [-0.39, 0.29) is 5.12 Å². The molecule has 0 saturated carbocycles. The first kappa shape index (κ1) is 11.3. The highest BCUT2D eigenvalue weighted by atomic mass is 35.5. The zero-order chi connectivity index (χ0) is 10.4. The predicted molar refractivity (Wildman–Crippen MR) is 61.4 cm³/mol. The highest BCUT2D eigenvalue weighted by Crippen LogP contribution is 2.09. The topological polar surface area (TPSA) is 30.0 Å². The highest BCUT2D eigenvalue weighted by Gasteiger charge is 1.91. The lowest BCUT2D eigenvalue weighted by Gasteiger charge is -1.93. The Balaban J connectivity index is 2.47. The number of nitrogens with zero attached hydrogens (tertiary/aromatic N) is 1. The zero-order valence-corrected chi connectivity index (χ0v) is 9.31. The molecule has 4 heteroatoms. The predicted octanol–water partition coefficient (Wildman–Crippen LogP) is 3.03. The average Bonchev–Trinajstić information content (AvgIpc) is 2.12. The number of hydrogen-bond donors (Lipinski definition) is 0. The van der Waals surface area contributed by atoms with Crippen LogP contribution in [0.5, 0.6) is 0 Å². The quantitative estimate of drug-likeness (QED) is 0.744. The Labute approximate surface area is 92.4 Å². The molecule has 0 bridgehead atoms. The fourth-order valence-electron chi connectivity index (χ4n) is 0.871. The molecular formula is C10H10ClNOS. The van der Waals surface area contributed by atoms with E-state index in [2.05, 4.69) is 4.98 Å². The molecule has 0 aliphatic carbocycles. The lowest BCUT2D eigenvalue weighted by molar-refractivity contribution is -0.109. The van der Waals surface area contributed by atoms with Crippen molar-refractivity contribution in [1.29, 1.82) is 0 Å². The van der Waals surface area contributed by atoms with Crippen molar-refractivity contribution in [2.45, 2.75) is 6.92 Å². The molecule has 14 heavy (non-hydrogen) atoms. The van der Waals surface area contributed by atoms with Gasteiger partial charge < -0.3 is 0 Å². The summed E-state index contributed by atoms with van der Waals surface area (Å²) in [7, 11) is 0. The molecule has 0 amide bonds. The van der Waals surface area contributed by atoms with Crippen LogP contribution >= 0.6 is 23.4 Å². The second-order valence-electron chi connectivity index (χ2n) is 2.62. The van der Waals surface area contributed by atoms with E-state index in [1.807, 2.05) is 18.2 Å². The van der Waals surface area contributed by atoms with Gasteiger partial charge >= 0.3 is 0 Å². The Hall–Kier alpha value is -0.800. The number of rotatable bonds is 3. The van der Waals surface area contributed by atoms with Gasteiger partial charge in [-0.05, 0) is 17.7 Å². The first-order chi connectivity index (χ1) is 6.68. The fourth-order valence-corrected chi connectivity index (χ4v) is 1.48. The molecule has 0 aromatic carbocycles. The second kappa shape index (κ2) is 5.83. The van der Waals surface area contributed by atoms with Crippen molar-refractivity contribution in [3.63, 3.8) is 0 Å². The van der Waals surface area contributed by atoms with Crippen molar-refractivity contribution in [1.82, 2.24) is 4.98 Å². The number of carbonyl (C=O) groups excluding carboxylic acids is 1. The fraction of sp³-hybridized carbons (Fsp3) is 0.200. The van der Waals surface area contributed by atoms with Crippen molar-refractivity contribution in [2.75, 3.05) is 5.75 Å². The van der Waals surface area contributed by atoms with Crippen LogP contribution in [0.25, 0.3) is 6.08 Å². The van der Waals surface area contributed by atoms with Gasteiger partial charge in [-0.15, -0.1) is 0 Å². The molecule has 0 unspecified atom stereocenters. The monoisotopic (exact) mass is 227 g/mol. The van der Waals surface area contributed by atoms with Crippen LogP contribution in [-0.4, -0.2) is 15.9 Å². The normalized spacial score (nSPS) is 10.7. The van der Waals surface area contributed by atoms with Gasteiger partial charge in [0.2, 0.25) is 0 Å². The summed E-state index contributed by atoms with van der Waals surface area (Å²) in [5, 5.41) is 0.605. The molecule has 1 aromatic heterocycles. The maximum absolute atomic E-state index is 10.6. The maximum atomic E-state index is 10.6. The summed E-state index contributed by atoms with van der Waals surface area (Å²) in [5.74, 6) is 0.690. The number of halogens is 1. The van der Waals surface area contributed by atoms with Crippen LogP contribution in [0.3, 0.4) is 0 Å². The van der Waals surface area contributed by atoms with E-state index in [0.29, 0.717) is 10.9 Å². The summed E-state index contributed by atoms with van der Waals surface area (Å²) in [6.45, 7) is 1.56. The Morgan fingerprint density at radius 3 is 3.14 bits per heavy atom. The minimum atomic E-state index is 0.127. The lowest BCUT2D eigenvalue weighted by atomic mass is 10.2. The van der Waals surface area contributed by atoms with E-state index in [1.54, 1.807) is 19.2 Å². The van der Waals surface area contributed by atoms with Crippen molar-refractivity contribution < 1.29 is 4.79 Å². The van der Waals surface area contributed by atoms with Crippen LogP contribution in [0.1, 0.15) is 12.5 Å². The van der Waals surface area contributed by atoms with E-state index in [4.69, 9.17) is 11.6 Å². The third-order valence-electron chi connectivity index (χ3n) is 1.44. The van der Waals surface area contributed by atoms with Gasteiger partial charge in [-0.3, -0.25) is 4.79 Å². The van der Waals surface area contributed by atoms with Gasteiger partial charge in [0.1, 0.15) is 5.15 Å². The number of thioether (sulfide) groups is 1. The molecule has 0 spiro atoms. The van der Waals surface area contributed by atoms with E-state index in [1.165, 1.54) is 11.8 Å². The SMILES string of the molecule is CC(=O)SCC=Cc1ccnc(Cl)c1. The van der Waals surface area contributed by atoms with Gasteiger partial charge in [-0.1, -0.05) is 35.5 Å². The molecule has 1 rings (SSSR count). The van der Waals surface area contributed by atoms with E-state index >= 15 is 0 Å². The highest BCUT2D eigenvalue weighted by molar-refractivity contribution is 8.13. The molecule has 0 aliphatic heterocycles. The Morgan fingerprint density at radius 1 is 1.71 bits per heavy atom. The second-order valence-corrected chi connectivity index (χ2v) is 4.20. The first-order valence-corrected chi connectivity index (χ1v) is 5.46. The Morgan fingerprint density at radius 2 is 2.50 bits per heavy atom. The summed E-state index contributed by atoms with van der Waals surface area (Å²) >= 11 is 6.98. The number of aromatic nitrogens is 1. The average molecular weight is 228 g/mol. The molecule has 2 nitrogen and oxygen atoms in total. The van der Waals surface area contributed by atoms with Crippen molar-refractivity contribution in [3.05, 3.63) is 35.1 Å². The van der Waals surface area contributed by atoms with Crippen molar-refractivity contribution in [2.24, 2.45) is 0 Å². The third kappa shape index (κ3) is 4.44. The molecule has 0 saturated heterocycles. The number of hydrogen-bond acceptors (Lipinski definition) is 3. The smallest absolute Gasteiger partial charge is 0.186 e. The van der Waals surface area contributed by atoms with Gasteiger partial charge in [0.25, 0.3) is 0 Å². The summed E-state index contributed by atoms with van der Waals surface area (Å²) in [6.07, 6.45) is 5.50. The standard InChI is InChI=1S/C10H10ClNOS/c1-8(13)14-6-2-3-9-4-5-12-10(11)7-9/h2-5,7H,6H2,1H3. The van der Waals surface area contributed by atoms with Crippen LogP contribution in [0, 0.1) is 0 Å². The molecule has 74 valence electrons. The van der Waals surface area contributed by atoms with Crippen molar-refractivity contribution in [3.8, 4) is 0 Å². The molecule has 0 N–H and O–H groups in total. The van der Waals surface area contributed by atoms with Gasteiger partial charge in [0.15, 0.2) is 5.12 Å². The van der Waals surface area contributed by atoms with E-state index in [0.717, 1.165) is 5.56 Å². The van der Waals surface area contributed by atoms with E-state index < -0.39 is 0 Å². The lowest BCUT2D eigenvalue weighted by Crippen LogP contribution is -1.82.